The van der Waals surface area contributed by atoms with Crippen LogP contribution in [0.2, 0.25) is 0 Å². The normalized spacial score (nSPS) is 41.2. The lowest BCUT2D eigenvalue weighted by molar-refractivity contribution is -0.334. The molecule has 5 aliphatic heterocycles. The van der Waals surface area contributed by atoms with Crippen molar-refractivity contribution in [2.45, 2.75) is 241 Å². The van der Waals surface area contributed by atoms with Gasteiger partial charge in [-0.15, -0.1) is 0 Å². The summed E-state index contributed by atoms with van der Waals surface area (Å²) in [6, 6.07) is 4.20. The van der Waals surface area contributed by atoms with Gasteiger partial charge in [0.15, 0.2) is 42.8 Å². The first-order chi connectivity index (χ1) is 37.2. The quantitative estimate of drug-likeness (QED) is 0.0983. The molecule has 2 aromatic carbocycles. The van der Waals surface area contributed by atoms with Crippen LogP contribution in [0.4, 0.5) is 0 Å². The number of rotatable bonds is 17. The molecule has 5 saturated heterocycles. The minimum atomic E-state index is -1.95. The van der Waals surface area contributed by atoms with Crippen molar-refractivity contribution in [3.8, 4) is 17.2 Å². The van der Waals surface area contributed by atoms with E-state index in [1.54, 1.807) is 27.7 Å². The van der Waals surface area contributed by atoms with E-state index in [0.717, 1.165) is 0 Å². The molecule has 5 heterocycles. The Kier molecular flexibility index (Phi) is 19.4. The van der Waals surface area contributed by atoms with E-state index in [-0.39, 0.29) is 66.2 Å². The average molecular weight is 1130 g/mol. The average Bonchev–Trinajstić information content (AvgIpc) is 3.54. The Bertz CT molecular complexity index is 2440. The second kappa shape index (κ2) is 25.0. The summed E-state index contributed by atoms with van der Waals surface area (Å²) in [5.74, 6) is -4.78. The zero-order valence-corrected chi connectivity index (χ0v) is 45.9. The molecule has 25 heteroatoms. The highest BCUT2D eigenvalue weighted by molar-refractivity contribution is 6.11. The number of aromatic hydroxyl groups is 2. The number of hydrogen-bond donors (Lipinski definition) is 9. The van der Waals surface area contributed by atoms with Crippen molar-refractivity contribution in [3.05, 3.63) is 29.3 Å². The molecule has 79 heavy (non-hydrogen) atoms. The van der Waals surface area contributed by atoms with Crippen molar-refractivity contribution in [2.24, 2.45) is 5.92 Å². The molecule has 9 N–H and O–H groups in total. The van der Waals surface area contributed by atoms with E-state index >= 15 is 4.79 Å². The molecule has 444 valence electrons. The van der Waals surface area contributed by atoms with E-state index < -0.39 is 182 Å². The molecule has 0 aromatic heterocycles. The first-order valence-electron chi connectivity index (χ1n) is 26.9. The molecule has 0 spiro atoms. The molecular weight excluding hydrogens is 1050 g/mol. The molecule has 25 atom stereocenters. The Balaban J connectivity index is 1.04. The van der Waals surface area contributed by atoms with E-state index in [9.17, 15) is 55.5 Å². The minimum Gasteiger partial charge on any atom is -0.507 e. The monoisotopic (exact) mass is 1130 g/mol. The molecule has 0 unspecified atom stereocenters. The number of esters is 1. The molecule has 2 aromatic rings. The fourth-order valence-corrected chi connectivity index (χ4v) is 11.9. The van der Waals surface area contributed by atoms with Crippen molar-refractivity contribution in [3.63, 3.8) is 0 Å². The van der Waals surface area contributed by atoms with Gasteiger partial charge in [-0.2, -0.15) is 0 Å². The van der Waals surface area contributed by atoms with Gasteiger partial charge in [0.05, 0.1) is 71.5 Å². The van der Waals surface area contributed by atoms with Crippen LogP contribution in [0.5, 0.6) is 17.2 Å². The third-order valence-corrected chi connectivity index (χ3v) is 16.0. The number of methoxy groups -OCH3 is 2. The van der Waals surface area contributed by atoms with Gasteiger partial charge in [0.2, 0.25) is 6.29 Å². The van der Waals surface area contributed by atoms with Crippen molar-refractivity contribution in [2.75, 3.05) is 14.2 Å². The smallest absolute Gasteiger partial charge is 0.303 e. The third kappa shape index (κ3) is 13.2. The number of phenolic OH excluding ortho intramolecular Hbond substituents is 2. The van der Waals surface area contributed by atoms with E-state index in [0.29, 0.717) is 0 Å². The van der Waals surface area contributed by atoms with Crippen LogP contribution in [0.15, 0.2) is 18.2 Å². The standard InChI is InChI=1S/C54H78O25/c1-20(55)43(59)48(64)51(68-10)30-13-28-11-27-12-29(75-37-18-35(50(24(5)72-37)74-26(7)56)78-36-15-32(58)49(67-9)23(4)71-36)14-31(57)41(27)46(62)42(28)47(63)52(30)79-39-17-33(44(60)22(3)70-39)76-38-16-34(45(61)21(2)69-38)77-40-19-54(8,66)53(65)25(6)73-40/h11-12,14,20-25,30,32-40,43-45,49-53,55,57-62,65-66H,13,15-19H2,1-10H3/t20-,21-,22-,23-,24-,25+,30+,32-,33-,34-,35-,36-,37+,38+,39+,40+,43+,44-,45-,49+,50+,51+,52+,53+,54+/m1/s1. The highest BCUT2D eigenvalue weighted by Gasteiger charge is 2.52. The summed E-state index contributed by atoms with van der Waals surface area (Å²) in [4.78, 5) is 41.1. The van der Waals surface area contributed by atoms with Gasteiger partial charge in [0, 0.05) is 65.2 Å². The maximum atomic E-state index is 15.0. The van der Waals surface area contributed by atoms with Crippen LogP contribution in [0.1, 0.15) is 103 Å². The summed E-state index contributed by atoms with van der Waals surface area (Å²) in [6.45, 7) is 12.0. The van der Waals surface area contributed by atoms with Crippen molar-refractivity contribution >= 4 is 28.3 Å². The maximum absolute atomic E-state index is 15.0. The number of ether oxygens (including phenoxy) is 13. The second-order valence-corrected chi connectivity index (χ2v) is 22.1. The predicted octanol–water partition coefficient (Wildman–Crippen LogP) is 0.667. The van der Waals surface area contributed by atoms with Gasteiger partial charge in [-0.3, -0.25) is 14.4 Å². The number of benzene rings is 2. The molecular formula is C54H78O25. The number of hydrogen-bond acceptors (Lipinski definition) is 25. The first-order valence-corrected chi connectivity index (χ1v) is 26.9. The van der Waals surface area contributed by atoms with Crippen molar-refractivity contribution in [1.82, 2.24) is 0 Å². The summed E-state index contributed by atoms with van der Waals surface area (Å²) in [5, 5.41) is 99.3. The molecule has 25 nitrogen and oxygen atoms in total. The van der Waals surface area contributed by atoms with Gasteiger partial charge < -0.3 is 108 Å². The fourth-order valence-electron chi connectivity index (χ4n) is 11.9. The summed E-state index contributed by atoms with van der Waals surface area (Å²) < 4.78 is 78.2. The maximum Gasteiger partial charge on any atom is 0.303 e. The van der Waals surface area contributed by atoms with Gasteiger partial charge in [-0.05, 0) is 78.0 Å². The zero-order valence-electron chi connectivity index (χ0n) is 45.9. The molecule has 0 bridgehead atoms. The van der Waals surface area contributed by atoms with Crippen LogP contribution in [0, 0.1) is 5.92 Å². The Labute approximate surface area is 456 Å². The van der Waals surface area contributed by atoms with Gasteiger partial charge in [0.25, 0.3) is 0 Å². The van der Waals surface area contributed by atoms with Crippen LogP contribution in [-0.4, -0.2) is 225 Å². The molecule has 5 fully saturated rings. The number of phenols is 2. The molecule has 8 rings (SSSR count). The lowest BCUT2D eigenvalue weighted by atomic mass is 9.75. The Morgan fingerprint density at radius 1 is 0.709 bits per heavy atom. The summed E-state index contributed by atoms with van der Waals surface area (Å²) >= 11 is 0. The number of carbonyl (C=O) groups is 3. The van der Waals surface area contributed by atoms with E-state index in [1.165, 1.54) is 60.1 Å². The topological polar surface area (TPSA) is 353 Å². The lowest BCUT2D eigenvalue weighted by Crippen LogP contribution is -2.58. The van der Waals surface area contributed by atoms with Crippen LogP contribution in [0.25, 0.3) is 10.8 Å². The zero-order chi connectivity index (χ0) is 57.7. The van der Waals surface area contributed by atoms with Crippen LogP contribution >= 0.6 is 0 Å². The fraction of sp³-hybridized carbons (Fsp3) is 0.759. The summed E-state index contributed by atoms with van der Waals surface area (Å²) in [7, 11) is 2.64. The van der Waals surface area contributed by atoms with Gasteiger partial charge in [-0.25, -0.2) is 0 Å². The Morgan fingerprint density at radius 3 is 1.84 bits per heavy atom. The van der Waals surface area contributed by atoms with Crippen molar-refractivity contribution < 1.29 is 122 Å². The molecule has 0 saturated carbocycles. The van der Waals surface area contributed by atoms with Gasteiger partial charge in [-0.1, -0.05) is 0 Å². The first kappa shape index (κ1) is 61.3. The van der Waals surface area contributed by atoms with E-state index in [4.69, 9.17) is 61.6 Å². The number of aliphatic hydroxyl groups is 7. The lowest BCUT2D eigenvalue weighted by Gasteiger charge is -2.46. The van der Waals surface area contributed by atoms with Crippen LogP contribution < -0.4 is 4.74 Å². The van der Waals surface area contributed by atoms with E-state index in [1.807, 2.05) is 0 Å². The van der Waals surface area contributed by atoms with Crippen molar-refractivity contribution in [1.29, 1.82) is 0 Å². The number of ketones is 2. The molecule has 0 amide bonds. The number of Topliss-reactive ketones (excluding diaryl/α,β-unsaturated/α-hetero) is 2. The summed E-state index contributed by atoms with van der Waals surface area (Å²) in [6.07, 6.45) is -25.7. The van der Waals surface area contributed by atoms with Crippen LogP contribution in [-0.2, 0) is 72.9 Å². The highest BCUT2D eigenvalue weighted by Crippen LogP contribution is 2.46. The number of fused-ring (bicyclic) bond motifs is 2. The number of aliphatic hydroxyl groups excluding tert-OH is 6. The molecule has 1 aliphatic carbocycles. The second-order valence-electron chi connectivity index (χ2n) is 22.1. The molecule has 0 radical (unpaired) electrons. The van der Waals surface area contributed by atoms with Crippen LogP contribution in [0.3, 0.4) is 0 Å². The SMILES string of the molecule is CO[C@@H]1[C@H](O)C[C@@H](O[C@@H]2C[C@H](Oc3cc(O)c4c(O)c5c(cc4c3)C[C@@H]([C@H](OC)C(=O)[C@@H](O)[C@@H](C)O)[C@H](O[C@H]3C[C@@H](O[C@H]4C[C@@H](O[C@H]6C[C@](C)(O)[C@@H](O)[C@H](C)O6)[C@H](O)[C@@H](C)O4)[C@H](O)[C@@H](C)O3)C5=O)O[C@H](C)[C@@H]2OC(C)=O)O[C@@H]1C. The highest BCUT2D eigenvalue weighted by atomic mass is 16.7. The van der Waals surface area contributed by atoms with E-state index in [2.05, 4.69) is 0 Å². The third-order valence-electron chi connectivity index (χ3n) is 16.0. The Hall–Kier alpha value is -3.81. The predicted molar refractivity (Wildman–Crippen MR) is 268 cm³/mol. The summed E-state index contributed by atoms with van der Waals surface area (Å²) in [5.41, 5.74) is -1.62. The molecule has 6 aliphatic rings. The van der Waals surface area contributed by atoms with Gasteiger partial charge in [0.1, 0.15) is 66.1 Å². The minimum absolute atomic E-state index is 0.0201. The Morgan fingerprint density at radius 2 is 1.25 bits per heavy atom. The van der Waals surface area contributed by atoms with Gasteiger partial charge >= 0.3 is 5.97 Å². The largest absolute Gasteiger partial charge is 0.507 e. The number of carbonyl (C=O) groups excluding carboxylic acids is 3.